The number of ether oxygens (including phenoxy) is 1. The van der Waals surface area contributed by atoms with Gasteiger partial charge in [-0.05, 0) is 37.7 Å². The van der Waals surface area contributed by atoms with Crippen LogP contribution in [0.5, 0.6) is 0 Å². The van der Waals surface area contributed by atoms with E-state index in [0.29, 0.717) is 5.92 Å². The highest BCUT2D eigenvalue weighted by Crippen LogP contribution is 2.33. The maximum Gasteiger partial charge on any atom is 0.227 e. The largest absolute Gasteiger partial charge is 0.376 e. The molecule has 0 unspecified atom stereocenters. The van der Waals surface area contributed by atoms with Crippen molar-refractivity contribution in [2.45, 2.75) is 57.7 Å². The fourth-order valence-electron chi connectivity index (χ4n) is 4.24. The number of hydrogen-bond donors (Lipinski definition) is 1. The van der Waals surface area contributed by atoms with Gasteiger partial charge in [-0.15, -0.1) is 10.2 Å². The predicted octanol–water partition coefficient (Wildman–Crippen LogP) is 2.56. The number of nitrogens with zero attached hydrogens (tertiary/aromatic N) is 6. The molecule has 0 spiro atoms. The van der Waals surface area contributed by atoms with Crippen LogP contribution in [-0.4, -0.2) is 50.0 Å². The van der Waals surface area contributed by atoms with E-state index in [2.05, 4.69) is 39.2 Å². The van der Waals surface area contributed by atoms with Crippen molar-refractivity contribution in [2.75, 3.05) is 23.4 Å². The molecule has 3 atom stereocenters. The van der Waals surface area contributed by atoms with Crippen LogP contribution in [0.1, 0.15) is 51.4 Å². The smallest absolute Gasteiger partial charge is 0.227 e. The molecule has 8 heteroatoms. The van der Waals surface area contributed by atoms with Crippen LogP contribution in [0, 0.1) is 5.92 Å². The monoisotopic (exact) mass is 371 g/mol. The lowest BCUT2D eigenvalue weighted by molar-refractivity contribution is -0.0203. The quantitative estimate of drug-likeness (QED) is 0.865. The summed E-state index contributed by atoms with van der Waals surface area (Å²) in [5, 5.41) is 11.9. The molecule has 4 heterocycles. The summed E-state index contributed by atoms with van der Waals surface area (Å²) >= 11 is 0. The third-order valence-electron chi connectivity index (χ3n) is 5.55. The lowest BCUT2D eigenvalue weighted by atomic mass is 9.94. The van der Waals surface area contributed by atoms with Crippen molar-refractivity contribution in [2.24, 2.45) is 13.0 Å². The minimum Gasteiger partial charge on any atom is -0.376 e. The van der Waals surface area contributed by atoms with Crippen molar-refractivity contribution in [1.29, 1.82) is 0 Å². The van der Waals surface area contributed by atoms with Crippen LogP contribution in [-0.2, 0) is 11.8 Å². The molecule has 1 N–H and O–H groups in total. The van der Waals surface area contributed by atoms with Gasteiger partial charge < -0.3 is 19.5 Å². The molecule has 2 aliphatic rings. The first-order valence-electron chi connectivity index (χ1n) is 9.95. The maximum atomic E-state index is 6.00. The highest BCUT2D eigenvalue weighted by Gasteiger charge is 2.32. The normalized spacial score (nSPS) is 25.9. The number of anilines is 2. The molecule has 0 bridgehead atoms. The Kier molecular flexibility index (Phi) is 5.24. The molecule has 27 heavy (non-hydrogen) atoms. The number of nitrogens with one attached hydrogen (secondary N) is 1. The summed E-state index contributed by atoms with van der Waals surface area (Å²) in [5.41, 5.74) is 0. The zero-order valence-corrected chi connectivity index (χ0v) is 16.4. The molecular formula is C19H29N7O. The fourth-order valence-corrected chi connectivity index (χ4v) is 4.24. The van der Waals surface area contributed by atoms with Crippen LogP contribution < -0.4 is 10.2 Å². The first-order valence-corrected chi connectivity index (χ1v) is 9.95. The van der Waals surface area contributed by atoms with E-state index >= 15 is 0 Å². The number of aromatic nitrogens is 5. The van der Waals surface area contributed by atoms with Crippen LogP contribution in [0.4, 0.5) is 11.8 Å². The Bertz CT molecular complexity index is 762. The molecule has 0 radical (unpaired) electrons. The van der Waals surface area contributed by atoms with Crippen LogP contribution >= 0.6 is 0 Å². The summed E-state index contributed by atoms with van der Waals surface area (Å²) in [6, 6.07) is 2.41. The Balaban J connectivity index is 1.53. The van der Waals surface area contributed by atoms with E-state index in [0.717, 1.165) is 56.4 Å². The summed E-state index contributed by atoms with van der Waals surface area (Å²) in [6.45, 7) is 6.21. The van der Waals surface area contributed by atoms with Gasteiger partial charge in [0, 0.05) is 26.4 Å². The molecule has 4 rings (SSSR count). The number of rotatable bonds is 5. The Morgan fingerprint density at radius 3 is 2.93 bits per heavy atom. The van der Waals surface area contributed by atoms with Crippen molar-refractivity contribution < 1.29 is 4.74 Å². The van der Waals surface area contributed by atoms with Crippen LogP contribution in [0.3, 0.4) is 0 Å². The Labute approximate surface area is 160 Å². The van der Waals surface area contributed by atoms with Gasteiger partial charge in [-0.25, -0.2) is 4.98 Å². The second-order valence-corrected chi connectivity index (χ2v) is 7.87. The average Bonchev–Trinajstić information content (AvgIpc) is 3.30. The molecule has 8 nitrogen and oxygen atoms in total. The zero-order valence-electron chi connectivity index (χ0n) is 16.4. The highest BCUT2D eigenvalue weighted by molar-refractivity contribution is 5.44. The highest BCUT2D eigenvalue weighted by atomic mass is 16.5. The van der Waals surface area contributed by atoms with E-state index in [1.807, 2.05) is 23.9 Å². The van der Waals surface area contributed by atoms with Crippen molar-refractivity contribution in [1.82, 2.24) is 24.7 Å². The van der Waals surface area contributed by atoms with Crippen molar-refractivity contribution in [3.05, 3.63) is 24.4 Å². The van der Waals surface area contributed by atoms with Gasteiger partial charge in [-0.1, -0.05) is 13.8 Å². The summed E-state index contributed by atoms with van der Waals surface area (Å²) < 4.78 is 7.98. The van der Waals surface area contributed by atoms with E-state index in [1.165, 1.54) is 0 Å². The lowest BCUT2D eigenvalue weighted by Gasteiger charge is -2.35. The molecule has 2 aromatic heterocycles. The standard InChI is InChI=1S/C19H29N7O/c1-13(2)17-14(6-5-11-27-17)22-16-8-9-20-19(23-16)26-10-4-7-15(26)18-24-21-12-25(18)3/h8-9,12-15,17H,4-7,10-11H2,1-3H3,(H,20,22,23)/t14-,15-,17+/m1/s1. The van der Waals surface area contributed by atoms with E-state index in [4.69, 9.17) is 9.72 Å². The predicted molar refractivity (Wildman–Crippen MR) is 104 cm³/mol. The molecule has 2 fully saturated rings. The van der Waals surface area contributed by atoms with Crippen molar-refractivity contribution >= 4 is 11.8 Å². The minimum atomic E-state index is 0.175. The average molecular weight is 371 g/mol. The Hall–Kier alpha value is -2.22. The maximum absolute atomic E-state index is 6.00. The molecular weight excluding hydrogens is 342 g/mol. The summed E-state index contributed by atoms with van der Waals surface area (Å²) in [4.78, 5) is 11.6. The van der Waals surface area contributed by atoms with E-state index in [9.17, 15) is 0 Å². The molecule has 2 aromatic rings. The Morgan fingerprint density at radius 1 is 1.26 bits per heavy atom. The SMILES string of the molecule is CC(C)[C@@H]1OCCC[C@H]1Nc1ccnc(N2CCC[C@@H]2c2nncn2C)n1. The fraction of sp³-hybridized carbons (Fsp3) is 0.684. The second kappa shape index (κ2) is 7.80. The van der Waals surface area contributed by atoms with Gasteiger partial charge >= 0.3 is 0 Å². The van der Waals surface area contributed by atoms with Crippen LogP contribution in [0.15, 0.2) is 18.6 Å². The molecule has 0 aliphatic carbocycles. The van der Waals surface area contributed by atoms with Gasteiger partial charge in [0.1, 0.15) is 12.1 Å². The molecule has 0 amide bonds. The van der Waals surface area contributed by atoms with Gasteiger partial charge in [-0.2, -0.15) is 4.98 Å². The van der Waals surface area contributed by atoms with Crippen LogP contribution in [0.2, 0.25) is 0 Å². The van der Waals surface area contributed by atoms with E-state index < -0.39 is 0 Å². The first-order chi connectivity index (χ1) is 13.1. The van der Waals surface area contributed by atoms with E-state index in [-0.39, 0.29) is 18.2 Å². The van der Waals surface area contributed by atoms with Crippen molar-refractivity contribution in [3.63, 3.8) is 0 Å². The molecule has 2 aliphatic heterocycles. The lowest BCUT2D eigenvalue weighted by Crippen LogP contribution is -2.43. The Morgan fingerprint density at radius 2 is 2.15 bits per heavy atom. The summed E-state index contributed by atoms with van der Waals surface area (Å²) in [6.07, 6.45) is 8.14. The number of hydrogen-bond acceptors (Lipinski definition) is 7. The van der Waals surface area contributed by atoms with Gasteiger partial charge in [0.15, 0.2) is 5.82 Å². The third kappa shape index (κ3) is 3.76. The molecule has 146 valence electrons. The van der Waals surface area contributed by atoms with Gasteiger partial charge in [0.25, 0.3) is 0 Å². The molecule has 0 aromatic carbocycles. The summed E-state index contributed by atoms with van der Waals surface area (Å²) in [7, 11) is 1.99. The second-order valence-electron chi connectivity index (χ2n) is 7.87. The van der Waals surface area contributed by atoms with Gasteiger partial charge in [0.05, 0.1) is 18.2 Å². The molecule has 2 saturated heterocycles. The minimum absolute atomic E-state index is 0.175. The van der Waals surface area contributed by atoms with Gasteiger partial charge in [0.2, 0.25) is 5.95 Å². The van der Waals surface area contributed by atoms with Crippen LogP contribution in [0.25, 0.3) is 0 Å². The summed E-state index contributed by atoms with van der Waals surface area (Å²) in [5.74, 6) is 3.06. The van der Waals surface area contributed by atoms with Crippen molar-refractivity contribution in [3.8, 4) is 0 Å². The topological polar surface area (TPSA) is 81.0 Å². The van der Waals surface area contributed by atoms with Gasteiger partial charge in [-0.3, -0.25) is 0 Å². The third-order valence-corrected chi connectivity index (χ3v) is 5.55. The molecule has 0 saturated carbocycles. The zero-order chi connectivity index (χ0) is 18.8. The number of aryl methyl sites for hydroxylation is 1. The first kappa shape index (κ1) is 18.2. The van der Waals surface area contributed by atoms with E-state index in [1.54, 1.807) is 6.33 Å².